The van der Waals surface area contributed by atoms with Crippen molar-refractivity contribution in [2.24, 2.45) is 59.2 Å². The molecule has 0 amide bonds. The maximum Gasteiger partial charge on any atom is -0.0355 e. The zero-order chi connectivity index (χ0) is 15.9. The Morgan fingerprint density at radius 1 is 0.476 bits per heavy atom. The first-order valence-corrected chi connectivity index (χ1v) is 9.73. The maximum atomic E-state index is 2.54. The molecule has 0 aromatic carbocycles. The fourth-order valence-corrected chi connectivity index (χ4v) is 5.85. The largest absolute Gasteiger partial charge is 0.0622 e. The molecule has 2 aliphatic rings. The quantitative estimate of drug-likeness (QED) is 0.544. The van der Waals surface area contributed by atoms with E-state index in [2.05, 4.69) is 55.4 Å². The molecule has 0 aromatic rings. The molecule has 0 spiro atoms. The highest BCUT2D eigenvalue weighted by Gasteiger charge is 2.42. The minimum Gasteiger partial charge on any atom is -0.0622 e. The van der Waals surface area contributed by atoms with Crippen LogP contribution in [0.3, 0.4) is 0 Å². The van der Waals surface area contributed by atoms with Gasteiger partial charge in [-0.25, -0.2) is 0 Å². The highest BCUT2D eigenvalue weighted by atomic mass is 14.5. The van der Waals surface area contributed by atoms with Gasteiger partial charge in [0.25, 0.3) is 0 Å². The first kappa shape index (κ1) is 17.4. The standard InChI is InChI=1S/C21H40/c1-12-9-13(2)17(6)20(16(12)5)11-21-18(7)14(3)10-15(4)19(21)8/h12-21H,9-11H2,1-8H3. The van der Waals surface area contributed by atoms with Crippen LogP contribution < -0.4 is 0 Å². The molecular weight excluding hydrogens is 252 g/mol. The van der Waals surface area contributed by atoms with Gasteiger partial charge in [-0.3, -0.25) is 0 Å². The molecule has 2 rings (SSSR count). The molecule has 21 heavy (non-hydrogen) atoms. The molecule has 0 radical (unpaired) electrons. The van der Waals surface area contributed by atoms with Crippen molar-refractivity contribution >= 4 is 0 Å². The molecule has 2 aliphatic carbocycles. The normalized spacial score (nSPS) is 55.4. The Hall–Kier alpha value is 0. The summed E-state index contributed by atoms with van der Waals surface area (Å²) in [6, 6.07) is 0. The predicted molar refractivity (Wildman–Crippen MR) is 94.1 cm³/mol. The molecule has 0 nitrogen and oxygen atoms in total. The summed E-state index contributed by atoms with van der Waals surface area (Å²) < 4.78 is 0. The van der Waals surface area contributed by atoms with Gasteiger partial charge >= 0.3 is 0 Å². The van der Waals surface area contributed by atoms with Crippen molar-refractivity contribution < 1.29 is 0 Å². The lowest BCUT2D eigenvalue weighted by Gasteiger charge is -2.49. The highest BCUT2D eigenvalue weighted by molar-refractivity contribution is 4.91. The second kappa shape index (κ2) is 6.63. The summed E-state index contributed by atoms with van der Waals surface area (Å²) in [5.74, 6) is 9.27. The van der Waals surface area contributed by atoms with Crippen LogP contribution in [0.2, 0.25) is 0 Å². The summed E-state index contributed by atoms with van der Waals surface area (Å²) >= 11 is 0. The van der Waals surface area contributed by atoms with Crippen LogP contribution in [-0.4, -0.2) is 0 Å². The van der Waals surface area contributed by atoms with Crippen molar-refractivity contribution in [2.45, 2.75) is 74.7 Å². The van der Waals surface area contributed by atoms with Crippen molar-refractivity contribution in [2.75, 3.05) is 0 Å². The summed E-state index contributed by atoms with van der Waals surface area (Å²) in [6.07, 6.45) is 4.39. The van der Waals surface area contributed by atoms with Crippen LogP contribution in [0.1, 0.15) is 74.7 Å². The second-order valence-corrected chi connectivity index (χ2v) is 9.38. The Morgan fingerprint density at radius 3 is 0.952 bits per heavy atom. The molecule has 0 N–H and O–H groups in total. The molecular formula is C21H40. The van der Waals surface area contributed by atoms with Crippen molar-refractivity contribution in [1.82, 2.24) is 0 Å². The van der Waals surface area contributed by atoms with Crippen molar-refractivity contribution in [1.29, 1.82) is 0 Å². The Kier molecular flexibility index (Phi) is 5.48. The lowest BCUT2D eigenvalue weighted by Crippen LogP contribution is -2.42. The third kappa shape index (κ3) is 3.35. The van der Waals surface area contributed by atoms with E-state index >= 15 is 0 Å². The average Bonchev–Trinajstić information content (AvgIpc) is 2.42. The van der Waals surface area contributed by atoms with E-state index in [0.717, 1.165) is 59.2 Å². The Bertz CT molecular complexity index is 273. The summed E-state index contributed by atoms with van der Waals surface area (Å²) in [7, 11) is 0. The molecule has 0 bridgehead atoms. The predicted octanol–water partition coefficient (Wildman–Crippen LogP) is 6.51. The van der Waals surface area contributed by atoms with E-state index in [0.29, 0.717) is 0 Å². The average molecular weight is 293 g/mol. The van der Waals surface area contributed by atoms with E-state index < -0.39 is 0 Å². The van der Waals surface area contributed by atoms with E-state index in [-0.39, 0.29) is 0 Å². The van der Waals surface area contributed by atoms with Gasteiger partial charge in [0.15, 0.2) is 0 Å². The van der Waals surface area contributed by atoms with Gasteiger partial charge < -0.3 is 0 Å². The maximum absolute atomic E-state index is 2.54. The molecule has 8 atom stereocenters. The van der Waals surface area contributed by atoms with Crippen molar-refractivity contribution in [3.8, 4) is 0 Å². The molecule has 2 fully saturated rings. The molecule has 8 unspecified atom stereocenters. The lowest BCUT2D eigenvalue weighted by molar-refractivity contribution is 0.00125. The fourth-order valence-electron chi connectivity index (χ4n) is 5.85. The van der Waals surface area contributed by atoms with Crippen LogP contribution in [0.4, 0.5) is 0 Å². The van der Waals surface area contributed by atoms with Crippen molar-refractivity contribution in [3.05, 3.63) is 0 Å². The van der Waals surface area contributed by atoms with Crippen LogP contribution in [0.5, 0.6) is 0 Å². The van der Waals surface area contributed by atoms with Crippen molar-refractivity contribution in [3.63, 3.8) is 0 Å². The molecule has 0 saturated heterocycles. The highest BCUT2D eigenvalue weighted by Crippen LogP contribution is 2.50. The van der Waals surface area contributed by atoms with Crippen LogP contribution >= 0.6 is 0 Å². The summed E-state index contributed by atoms with van der Waals surface area (Å²) in [5.41, 5.74) is 0. The van der Waals surface area contributed by atoms with Gasteiger partial charge in [0.2, 0.25) is 0 Å². The molecule has 0 aromatic heterocycles. The fraction of sp³-hybridized carbons (Fsp3) is 1.00. The van der Waals surface area contributed by atoms with Gasteiger partial charge in [0, 0.05) is 0 Å². The van der Waals surface area contributed by atoms with Gasteiger partial charge in [0.1, 0.15) is 0 Å². The monoisotopic (exact) mass is 292 g/mol. The smallest absolute Gasteiger partial charge is 0.0355 e. The third-order valence-electron chi connectivity index (χ3n) is 8.32. The van der Waals surface area contributed by atoms with E-state index in [4.69, 9.17) is 0 Å². The molecule has 0 aliphatic heterocycles. The number of hydrogen-bond acceptors (Lipinski definition) is 0. The van der Waals surface area contributed by atoms with Gasteiger partial charge in [-0.15, -0.1) is 0 Å². The second-order valence-electron chi connectivity index (χ2n) is 9.38. The Labute approximate surface area is 134 Å². The number of hydrogen-bond donors (Lipinski definition) is 0. The molecule has 2 saturated carbocycles. The number of rotatable bonds is 2. The van der Waals surface area contributed by atoms with Gasteiger partial charge in [0.05, 0.1) is 0 Å². The topological polar surface area (TPSA) is 0 Å². The molecule has 124 valence electrons. The SMILES string of the molecule is CC1CC(C)C(C)C(CC2C(C)C(C)CC(C)C2C)C1C. The van der Waals surface area contributed by atoms with Crippen LogP contribution in [0.15, 0.2) is 0 Å². The molecule has 0 heteroatoms. The van der Waals surface area contributed by atoms with Crippen LogP contribution in [0, 0.1) is 59.2 Å². The zero-order valence-electron chi connectivity index (χ0n) is 15.9. The minimum atomic E-state index is 0.920. The van der Waals surface area contributed by atoms with E-state index in [9.17, 15) is 0 Å². The Morgan fingerprint density at radius 2 is 0.714 bits per heavy atom. The lowest BCUT2D eigenvalue weighted by atomic mass is 9.56. The van der Waals surface area contributed by atoms with Gasteiger partial charge in [-0.05, 0) is 78.4 Å². The third-order valence-corrected chi connectivity index (χ3v) is 8.32. The van der Waals surface area contributed by atoms with Crippen LogP contribution in [-0.2, 0) is 0 Å². The van der Waals surface area contributed by atoms with Gasteiger partial charge in [-0.1, -0.05) is 55.4 Å². The van der Waals surface area contributed by atoms with E-state index in [1.165, 1.54) is 19.3 Å². The first-order valence-electron chi connectivity index (χ1n) is 9.73. The summed E-state index contributed by atoms with van der Waals surface area (Å²) in [6.45, 7) is 20.2. The van der Waals surface area contributed by atoms with Crippen LogP contribution in [0.25, 0.3) is 0 Å². The summed E-state index contributed by atoms with van der Waals surface area (Å²) in [5, 5.41) is 0. The Balaban J connectivity index is 2.13. The summed E-state index contributed by atoms with van der Waals surface area (Å²) in [4.78, 5) is 0. The molecule has 0 heterocycles. The first-order chi connectivity index (χ1) is 9.73. The zero-order valence-corrected chi connectivity index (χ0v) is 15.9. The minimum absolute atomic E-state index is 0.920. The van der Waals surface area contributed by atoms with E-state index in [1.807, 2.05) is 0 Å². The van der Waals surface area contributed by atoms with Gasteiger partial charge in [-0.2, -0.15) is 0 Å². The van der Waals surface area contributed by atoms with E-state index in [1.54, 1.807) is 0 Å².